The van der Waals surface area contributed by atoms with Gasteiger partial charge in [0.2, 0.25) is 5.91 Å². The first-order valence-corrected chi connectivity index (χ1v) is 11.8. The quantitative estimate of drug-likeness (QED) is 0.467. The van der Waals surface area contributed by atoms with Crippen molar-refractivity contribution in [2.24, 2.45) is 5.92 Å². The van der Waals surface area contributed by atoms with Crippen LogP contribution in [0.1, 0.15) is 36.9 Å². The molecule has 0 saturated carbocycles. The fourth-order valence-corrected chi connectivity index (χ4v) is 4.44. The highest BCUT2D eigenvalue weighted by molar-refractivity contribution is 6.12. The Kier molecular flexibility index (Phi) is 7.53. The number of β-lactam (4-membered cyclic amide) rings is 1. The molecule has 1 unspecified atom stereocenters. The summed E-state index contributed by atoms with van der Waals surface area (Å²) in [4.78, 5) is 54.9. The molecule has 0 aliphatic carbocycles. The molecule has 0 aromatic carbocycles. The highest BCUT2D eigenvalue weighted by Crippen LogP contribution is 2.33. The van der Waals surface area contributed by atoms with Crippen LogP contribution in [0.15, 0.2) is 67.4 Å². The van der Waals surface area contributed by atoms with Crippen molar-refractivity contribution in [3.63, 3.8) is 0 Å². The highest BCUT2D eigenvalue weighted by Gasteiger charge is 2.55. The number of urea groups is 1. The molecule has 36 heavy (non-hydrogen) atoms. The predicted octanol–water partition coefficient (Wildman–Crippen LogP) is 2.74. The van der Waals surface area contributed by atoms with Gasteiger partial charge in [0.15, 0.2) is 0 Å². The second-order valence-electron chi connectivity index (χ2n) is 8.73. The minimum absolute atomic E-state index is 0.261. The van der Waals surface area contributed by atoms with Gasteiger partial charge in [0, 0.05) is 43.7 Å². The van der Waals surface area contributed by atoms with Crippen LogP contribution in [0.5, 0.6) is 0 Å². The number of hydrogen-bond acceptors (Lipinski definition) is 7. The maximum Gasteiger partial charge on any atom is 0.325 e. The summed E-state index contributed by atoms with van der Waals surface area (Å²) in [5, 5.41) is 2.94. The summed E-state index contributed by atoms with van der Waals surface area (Å²) >= 11 is 0. The van der Waals surface area contributed by atoms with Crippen LogP contribution in [0.4, 0.5) is 16.3 Å². The van der Waals surface area contributed by atoms with Gasteiger partial charge in [-0.3, -0.25) is 24.5 Å². The molecule has 4 heterocycles. The van der Waals surface area contributed by atoms with Gasteiger partial charge in [-0.1, -0.05) is 19.4 Å². The monoisotopic (exact) mass is 487 g/mol. The Hall–Kier alpha value is -4.34. The van der Waals surface area contributed by atoms with E-state index in [1.807, 2.05) is 13.0 Å². The summed E-state index contributed by atoms with van der Waals surface area (Å²) in [6.45, 7) is 2.01. The number of nitrogens with zero attached hydrogens (tertiary/aromatic N) is 5. The maximum atomic E-state index is 13.6. The zero-order valence-electron chi connectivity index (χ0n) is 20.2. The lowest BCUT2D eigenvalue weighted by Crippen LogP contribution is -2.70. The van der Waals surface area contributed by atoms with Crippen LogP contribution in [0, 0.1) is 5.92 Å². The molecule has 186 valence electrons. The number of rotatable bonds is 8. The van der Waals surface area contributed by atoms with Crippen LogP contribution in [0.25, 0.3) is 0 Å². The van der Waals surface area contributed by atoms with E-state index in [4.69, 9.17) is 5.73 Å². The minimum Gasteiger partial charge on any atom is -0.384 e. The molecule has 10 nitrogen and oxygen atoms in total. The number of aromatic nitrogens is 3. The second-order valence-corrected chi connectivity index (χ2v) is 8.73. The number of carbonyl (C=O) groups is 3. The summed E-state index contributed by atoms with van der Waals surface area (Å²) in [5.41, 5.74) is 8.02. The number of anilines is 2. The van der Waals surface area contributed by atoms with E-state index in [9.17, 15) is 14.4 Å². The number of hydrogen-bond donors (Lipinski definition) is 2. The molecule has 0 radical (unpaired) electrons. The number of likely N-dealkylation sites (N-methyl/N-ethyl adjacent to an activating group) is 1. The molecule has 1 saturated heterocycles. The Bertz CT molecular complexity index is 1220. The molecule has 3 aromatic heterocycles. The Morgan fingerprint density at radius 2 is 1.92 bits per heavy atom. The van der Waals surface area contributed by atoms with Crippen molar-refractivity contribution in [2.45, 2.75) is 38.3 Å². The lowest BCUT2D eigenvalue weighted by molar-refractivity contribution is -0.156. The largest absolute Gasteiger partial charge is 0.384 e. The van der Waals surface area contributed by atoms with E-state index in [2.05, 4.69) is 20.3 Å². The SMILES string of the molecule is CCCC(NC(=O)N1C(=O)[C@H](Cc2ccnc(N)c2)[C@H]1C(=O)N(C)c1ccncc1)c1cccnc1. The molecule has 3 atom stereocenters. The summed E-state index contributed by atoms with van der Waals surface area (Å²) in [5.74, 6) is -1.16. The molecule has 1 aliphatic heterocycles. The van der Waals surface area contributed by atoms with E-state index in [1.54, 1.807) is 68.4 Å². The van der Waals surface area contributed by atoms with Crippen molar-refractivity contribution in [3.8, 4) is 0 Å². The molecule has 1 aliphatic rings. The van der Waals surface area contributed by atoms with E-state index in [1.165, 1.54) is 4.90 Å². The van der Waals surface area contributed by atoms with Crippen molar-refractivity contribution in [3.05, 3.63) is 78.5 Å². The van der Waals surface area contributed by atoms with E-state index < -0.39 is 23.9 Å². The number of pyridine rings is 3. The van der Waals surface area contributed by atoms with Gasteiger partial charge in [-0.15, -0.1) is 0 Å². The van der Waals surface area contributed by atoms with E-state index in [-0.39, 0.29) is 18.4 Å². The fourth-order valence-electron chi connectivity index (χ4n) is 4.44. The van der Waals surface area contributed by atoms with Gasteiger partial charge in [0.25, 0.3) is 5.91 Å². The third-order valence-corrected chi connectivity index (χ3v) is 6.33. The Labute approximate surface area is 209 Å². The molecule has 4 amide bonds. The second kappa shape index (κ2) is 10.9. The van der Waals surface area contributed by atoms with Crippen LogP contribution >= 0.6 is 0 Å². The topological polar surface area (TPSA) is 134 Å². The first-order chi connectivity index (χ1) is 17.4. The molecule has 3 aromatic rings. The van der Waals surface area contributed by atoms with Crippen LogP contribution in [-0.4, -0.2) is 50.8 Å². The van der Waals surface area contributed by atoms with Gasteiger partial charge >= 0.3 is 6.03 Å². The Morgan fingerprint density at radius 1 is 1.14 bits per heavy atom. The van der Waals surface area contributed by atoms with Gasteiger partial charge in [0.05, 0.1) is 12.0 Å². The summed E-state index contributed by atoms with van der Waals surface area (Å²) < 4.78 is 0. The number of nitrogen functional groups attached to an aromatic ring is 1. The average Bonchev–Trinajstić information content (AvgIpc) is 2.90. The lowest BCUT2D eigenvalue weighted by atomic mass is 9.81. The third kappa shape index (κ3) is 5.17. The van der Waals surface area contributed by atoms with Crippen molar-refractivity contribution >= 4 is 29.4 Å². The number of imide groups is 1. The Morgan fingerprint density at radius 3 is 2.58 bits per heavy atom. The molecule has 0 spiro atoms. The van der Waals surface area contributed by atoms with Crippen molar-refractivity contribution < 1.29 is 14.4 Å². The lowest BCUT2D eigenvalue weighted by Gasteiger charge is -2.46. The minimum atomic E-state index is -0.971. The van der Waals surface area contributed by atoms with Crippen LogP contribution in [0.3, 0.4) is 0 Å². The van der Waals surface area contributed by atoms with Gasteiger partial charge in [-0.05, 0) is 54.3 Å². The number of nitrogens with one attached hydrogen (secondary N) is 1. The third-order valence-electron chi connectivity index (χ3n) is 6.33. The number of likely N-dealkylation sites (tertiary alicyclic amines) is 1. The van der Waals surface area contributed by atoms with Gasteiger partial charge in [0.1, 0.15) is 11.9 Å². The first-order valence-electron chi connectivity index (χ1n) is 11.8. The van der Waals surface area contributed by atoms with Crippen LogP contribution in [0.2, 0.25) is 0 Å². The van der Waals surface area contributed by atoms with Crippen LogP contribution < -0.4 is 16.0 Å². The number of carbonyl (C=O) groups excluding carboxylic acids is 3. The average molecular weight is 488 g/mol. The molecular formula is C26H29N7O3. The summed E-state index contributed by atoms with van der Waals surface area (Å²) in [7, 11) is 1.62. The predicted molar refractivity (Wildman–Crippen MR) is 135 cm³/mol. The van der Waals surface area contributed by atoms with Gasteiger partial charge in [-0.25, -0.2) is 9.78 Å². The summed E-state index contributed by atoms with van der Waals surface area (Å²) in [6.07, 6.45) is 9.80. The number of nitrogens with two attached hydrogens (primary N) is 1. The van der Waals surface area contributed by atoms with Crippen molar-refractivity contribution in [1.82, 2.24) is 25.2 Å². The molecule has 3 N–H and O–H groups in total. The van der Waals surface area contributed by atoms with Crippen molar-refractivity contribution in [1.29, 1.82) is 0 Å². The van der Waals surface area contributed by atoms with E-state index in [0.29, 0.717) is 17.9 Å². The zero-order chi connectivity index (χ0) is 25.7. The van der Waals surface area contributed by atoms with Gasteiger partial charge < -0.3 is 16.0 Å². The standard InChI is InChI=1S/C26H29N7O3/c1-3-5-21(18-6-4-10-29-16-18)31-26(36)33-23(25(35)32(2)19-8-11-28-12-9-19)20(24(33)34)14-17-7-13-30-22(27)15-17/h4,6-13,15-16,20-21,23H,3,5,14H2,1-2H3,(H2,27,30)(H,31,36)/t20-,21?,23+/m1/s1. The summed E-state index contributed by atoms with van der Waals surface area (Å²) in [6, 6.07) is 8.58. The zero-order valence-corrected chi connectivity index (χ0v) is 20.2. The molecular weight excluding hydrogens is 458 g/mol. The molecule has 10 heteroatoms. The van der Waals surface area contributed by atoms with Gasteiger partial charge in [-0.2, -0.15) is 0 Å². The van der Waals surface area contributed by atoms with E-state index in [0.717, 1.165) is 22.4 Å². The van der Waals surface area contributed by atoms with Crippen LogP contribution in [-0.2, 0) is 16.0 Å². The fraction of sp³-hybridized carbons (Fsp3) is 0.308. The normalized spacial score (nSPS) is 17.7. The molecule has 0 bridgehead atoms. The Balaban J connectivity index is 1.60. The molecule has 4 rings (SSSR count). The first kappa shape index (κ1) is 24.8. The number of amides is 4. The van der Waals surface area contributed by atoms with Crippen molar-refractivity contribution in [2.75, 3.05) is 17.7 Å². The highest BCUT2D eigenvalue weighted by atomic mass is 16.2. The maximum absolute atomic E-state index is 13.6. The van der Waals surface area contributed by atoms with E-state index >= 15 is 0 Å². The molecule has 1 fully saturated rings. The smallest absolute Gasteiger partial charge is 0.325 e.